The van der Waals surface area contributed by atoms with Crippen molar-refractivity contribution in [2.45, 2.75) is 0 Å². The maximum absolute atomic E-state index is 11.0. The average molecular weight is 297 g/mol. The van der Waals surface area contributed by atoms with E-state index in [2.05, 4.69) is 10.5 Å². The van der Waals surface area contributed by atoms with Gasteiger partial charge in [0.2, 0.25) is 5.71 Å². The van der Waals surface area contributed by atoms with Crippen molar-refractivity contribution in [1.29, 1.82) is 10.5 Å². The quantitative estimate of drug-likeness (QED) is 0.528. The minimum Gasteiger partial charge on any atom is -0.270 e. The van der Waals surface area contributed by atoms with Crippen LogP contribution in [0.15, 0.2) is 40.8 Å². The van der Waals surface area contributed by atoms with Gasteiger partial charge in [0.15, 0.2) is 0 Å². The van der Waals surface area contributed by atoms with Gasteiger partial charge in [-0.1, -0.05) is 6.07 Å². The molecule has 0 unspecified atom stereocenters. The van der Waals surface area contributed by atoms with Crippen LogP contribution >= 0.6 is 11.3 Å². The Labute approximate surface area is 123 Å². The Morgan fingerprint density at radius 1 is 1.33 bits per heavy atom. The van der Waals surface area contributed by atoms with E-state index < -0.39 is 10.6 Å². The summed E-state index contributed by atoms with van der Waals surface area (Å²) in [6.07, 6.45) is 0. The Balaban J connectivity index is 2.44. The van der Waals surface area contributed by atoms with E-state index in [-0.39, 0.29) is 11.4 Å². The lowest BCUT2D eigenvalue weighted by atomic mass is 10.1. The second kappa shape index (κ2) is 6.28. The van der Waals surface area contributed by atoms with Crippen molar-refractivity contribution in [2.24, 2.45) is 5.10 Å². The van der Waals surface area contributed by atoms with Crippen molar-refractivity contribution in [3.05, 3.63) is 45.8 Å². The fourth-order valence-electron chi connectivity index (χ4n) is 1.57. The highest BCUT2D eigenvalue weighted by Gasteiger charge is 2.15. The van der Waals surface area contributed by atoms with Crippen molar-refractivity contribution in [1.82, 2.24) is 0 Å². The molecule has 1 heterocycles. The number of nitrogens with one attached hydrogen (secondary N) is 1. The molecule has 0 radical (unpaired) electrons. The molecule has 0 amide bonds. The highest BCUT2D eigenvalue weighted by atomic mass is 32.1. The molecule has 1 aromatic heterocycles. The predicted octanol–water partition coefficient (Wildman–Crippen LogP) is 3.14. The van der Waals surface area contributed by atoms with E-state index in [9.17, 15) is 10.1 Å². The Bertz CT molecular complexity index is 768. The van der Waals surface area contributed by atoms with Gasteiger partial charge < -0.3 is 0 Å². The summed E-state index contributed by atoms with van der Waals surface area (Å²) in [4.78, 5) is 11.4. The molecule has 2 aromatic rings. The normalized spacial score (nSPS) is 9.24. The second-order valence-corrected chi connectivity index (χ2v) is 4.71. The third-order valence-corrected chi connectivity index (χ3v) is 3.42. The van der Waals surface area contributed by atoms with E-state index >= 15 is 0 Å². The van der Waals surface area contributed by atoms with Crippen LogP contribution in [0.3, 0.4) is 0 Å². The molecule has 1 aromatic carbocycles. The lowest BCUT2D eigenvalue weighted by Crippen LogP contribution is -2.00. The monoisotopic (exact) mass is 297 g/mol. The second-order valence-electron chi connectivity index (χ2n) is 3.76. The lowest BCUT2D eigenvalue weighted by molar-refractivity contribution is -0.383. The first-order valence-electron chi connectivity index (χ1n) is 5.62. The van der Waals surface area contributed by atoms with Crippen LogP contribution in [-0.2, 0) is 0 Å². The number of nitro groups is 1. The van der Waals surface area contributed by atoms with E-state index in [1.165, 1.54) is 17.4 Å². The number of hydrazone groups is 1. The third kappa shape index (κ3) is 3.21. The predicted molar refractivity (Wildman–Crippen MR) is 78.7 cm³/mol. The van der Waals surface area contributed by atoms with Crippen molar-refractivity contribution < 1.29 is 4.92 Å². The smallest absolute Gasteiger partial charge is 0.270 e. The molecule has 0 saturated carbocycles. The number of thiophene rings is 1. The third-order valence-electron chi connectivity index (χ3n) is 2.50. The van der Waals surface area contributed by atoms with Crippen LogP contribution in [0.25, 0.3) is 10.4 Å². The van der Waals surface area contributed by atoms with Gasteiger partial charge in [0.25, 0.3) is 5.69 Å². The molecule has 0 aliphatic heterocycles. The van der Waals surface area contributed by atoms with Gasteiger partial charge in [-0.25, -0.2) is 0 Å². The molecule has 0 aliphatic rings. The van der Waals surface area contributed by atoms with Crippen LogP contribution in [-0.4, -0.2) is 10.6 Å². The maximum atomic E-state index is 11.0. The lowest BCUT2D eigenvalue weighted by Gasteiger charge is -2.04. The van der Waals surface area contributed by atoms with Crippen LogP contribution in [0.5, 0.6) is 0 Å². The summed E-state index contributed by atoms with van der Waals surface area (Å²) < 4.78 is 0. The van der Waals surface area contributed by atoms with Gasteiger partial charge in [-0.3, -0.25) is 15.5 Å². The zero-order valence-electron chi connectivity index (χ0n) is 10.5. The first-order chi connectivity index (χ1) is 10.2. The molecule has 0 saturated heterocycles. The summed E-state index contributed by atoms with van der Waals surface area (Å²) >= 11 is 1.49. The molecule has 8 heteroatoms. The number of hydrogen-bond donors (Lipinski definition) is 1. The number of anilines is 1. The summed E-state index contributed by atoms with van der Waals surface area (Å²) in [5.41, 5.74) is 2.71. The summed E-state index contributed by atoms with van der Waals surface area (Å²) in [5.74, 6) is 0. The average Bonchev–Trinajstić information content (AvgIpc) is 3.02. The zero-order valence-corrected chi connectivity index (χ0v) is 11.3. The number of nitriles is 2. The molecule has 102 valence electrons. The molecule has 1 N–H and O–H groups in total. The molecule has 0 atom stereocenters. The van der Waals surface area contributed by atoms with Gasteiger partial charge >= 0.3 is 0 Å². The van der Waals surface area contributed by atoms with Crippen LogP contribution in [0.2, 0.25) is 0 Å². The molecule has 2 rings (SSSR count). The highest BCUT2D eigenvalue weighted by molar-refractivity contribution is 7.13. The minimum absolute atomic E-state index is 0.119. The molecule has 0 bridgehead atoms. The molecular formula is C13H7N5O2S. The molecule has 21 heavy (non-hydrogen) atoms. The topological polar surface area (TPSA) is 115 Å². The van der Waals surface area contributed by atoms with Crippen molar-refractivity contribution in [2.75, 3.05) is 5.43 Å². The summed E-state index contributed by atoms with van der Waals surface area (Å²) in [6.45, 7) is 0. The fraction of sp³-hybridized carbons (Fsp3) is 0. The highest BCUT2D eigenvalue weighted by Crippen LogP contribution is 2.32. The Hall–Kier alpha value is -3.23. The largest absolute Gasteiger partial charge is 0.294 e. The van der Waals surface area contributed by atoms with Gasteiger partial charge in [0.05, 0.1) is 4.92 Å². The number of benzene rings is 1. The van der Waals surface area contributed by atoms with Crippen LogP contribution < -0.4 is 5.43 Å². The SMILES string of the molecule is N#CC(C#N)=NNc1cc(-c2cccs2)ccc1[N+](=O)[O-]. The first-order valence-corrected chi connectivity index (χ1v) is 6.50. The van der Waals surface area contributed by atoms with E-state index in [0.29, 0.717) is 0 Å². The summed E-state index contributed by atoms with van der Waals surface area (Å²) in [7, 11) is 0. The molecule has 0 fully saturated rings. The number of nitro benzene ring substituents is 1. The van der Waals surface area contributed by atoms with Crippen molar-refractivity contribution in [3.63, 3.8) is 0 Å². The molecule has 0 aliphatic carbocycles. The van der Waals surface area contributed by atoms with Crippen LogP contribution in [0, 0.1) is 32.8 Å². The van der Waals surface area contributed by atoms with Gasteiger partial charge in [-0.05, 0) is 29.1 Å². The summed E-state index contributed by atoms with van der Waals surface area (Å²) in [5, 5.41) is 33.7. The van der Waals surface area contributed by atoms with Gasteiger partial charge in [-0.2, -0.15) is 15.6 Å². The fourth-order valence-corrected chi connectivity index (χ4v) is 2.30. The van der Waals surface area contributed by atoms with Gasteiger partial charge in [0, 0.05) is 10.9 Å². The minimum atomic E-state index is -0.561. The Morgan fingerprint density at radius 2 is 2.10 bits per heavy atom. The van der Waals surface area contributed by atoms with E-state index in [0.717, 1.165) is 10.4 Å². The van der Waals surface area contributed by atoms with E-state index in [1.54, 1.807) is 24.3 Å². The van der Waals surface area contributed by atoms with Crippen LogP contribution in [0.1, 0.15) is 0 Å². The Kier molecular flexibility index (Phi) is 4.24. The van der Waals surface area contributed by atoms with E-state index in [1.807, 2.05) is 17.5 Å². The number of hydrogen-bond acceptors (Lipinski definition) is 7. The van der Waals surface area contributed by atoms with Crippen molar-refractivity contribution in [3.8, 4) is 22.6 Å². The number of nitrogens with zero attached hydrogens (tertiary/aromatic N) is 4. The Morgan fingerprint density at radius 3 is 2.67 bits per heavy atom. The first kappa shape index (κ1) is 14.2. The number of rotatable bonds is 4. The van der Waals surface area contributed by atoms with Gasteiger partial charge in [-0.15, -0.1) is 11.3 Å². The molecule has 0 spiro atoms. The van der Waals surface area contributed by atoms with Crippen LogP contribution in [0.4, 0.5) is 11.4 Å². The molecular weight excluding hydrogens is 290 g/mol. The van der Waals surface area contributed by atoms with Crippen molar-refractivity contribution >= 4 is 28.4 Å². The molecule has 7 nitrogen and oxygen atoms in total. The summed E-state index contributed by atoms with van der Waals surface area (Å²) in [6, 6.07) is 11.4. The van der Waals surface area contributed by atoms with Gasteiger partial charge in [0.1, 0.15) is 17.8 Å². The maximum Gasteiger partial charge on any atom is 0.294 e. The standard InChI is InChI=1S/C13H7N5O2S/c14-7-10(8-15)16-17-11-6-9(13-2-1-5-21-13)3-4-12(11)18(19)20/h1-6,17H. The zero-order chi connectivity index (χ0) is 15.2. The van der Waals surface area contributed by atoms with E-state index in [4.69, 9.17) is 10.5 Å².